The molecule has 0 saturated carbocycles. The van der Waals surface area contributed by atoms with E-state index < -0.39 is 0 Å². The number of carbonyl (C=O) groups excluding carboxylic acids is 1. The second-order valence-electron chi connectivity index (χ2n) is 4.10. The van der Waals surface area contributed by atoms with Crippen LogP contribution in [0.1, 0.15) is 32.3 Å². The van der Waals surface area contributed by atoms with Crippen LogP contribution < -0.4 is 0 Å². The van der Waals surface area contributed by atoms with Gasteiger partial charge in [0.15, 0.2) is 0 Å². The van der Waals surface area contributed by atoms with Crippen molar-refractivity contribution in [2.75, 3.05) is 0 Å². The highest BCUT2D eigenvalue weighted by Crippen LogP contribution is 2.18. The summed E-state index contributed by atoms with van der Waals surface area (Å²) in [6.45, 7) is 3.84. The molecule has 2 nitrogen and oxygen atoms in total. The molecule has 2 heteroatoms. The third-order valence-electron chi connectivity index (χ3n) is 2.50. The molecule has 0 unspecified atom stereocenters. The second kappa shape index (κ2) is 5.54. The van der Waals surface area contributed by atoms with Gasteiger partial charge in [0.05, 0.1) is 0 Å². The number of Topliss-reactive ketones (excluding diaryl/α,β-unsaturated/α-hetero) is 1. The van der Waals surface area contributed by atoms with E-state index >= 15 is 0 Å². The number of para-hydroxylation sites is 1. The SMILES string of the molecule is CC(C)C(=O)CCCc1ccccc1O. The Morgan fingerprint density at radius 3 is 2.60 bits per heavy atom. The van der Waals surface area contributed by atoms with E-state index in [0.29, 0.717) is 18.0 Å². The van der Waals surface area contributed by atoms with Crippen LogP contribution in [0, 0.1) is 5.92 Å². The van der Waals surface area contributed by atoms with Gasteiger partial charge in [-0.2, -0.15) is 0 Å². The van der Waals surface area contributed by atoms with Crippen LogP contribution in [0.4, 0.5) is 0 Å². The van der Waals surface area contributed by atoms with Crippen LogP contribution in [-0.2, 0) is 11.2 Å². The summed E-state index contributed by atoms with van der Waals surface area (Å²) in [5, 5.41) is 9.50. The van der Waals surface area contributed by atoms with Crippen molar-refractivity contribution in [2.24, 2.45) is 5.92 Å². The highest BCUT2D eigenvalue weighted by atomic mass is 16.3. The molecule has 1 aromatic carbocycles. The summed E-state index contributed by atoms with van der Waals surface area (Å²) in [5.74, 6) is 0.745. The van der Waals surface area contributed by atoms with Crippen molar-refractivity contribution < 1.29 is 9.90 Å². The molecule has 0 aliphatic carbocycles. The molecule has 0 heterocycles. The number of hydrogen-bond acceptors (Lipinski definition) is 2. The first-order chi connectivity index (χ1) is 7.11. The Morgan fingerprint density at radius 1 is 1.33 bits per heavy atom. The van der Waals surface area contributed by atoms with E-state index in [-0.39, 0.29) is 5.92 Å². The smallest absolute Gasteiger partial charge is 0.135 e. The fourth-order valence-corrected chi connectivity index (χ4v) is 1.46. The topological polar surface area (TPSA) is 37.3 Å². The lowest BCUT2D eigenvalue weighted by molar-refractivity contribution is -0.121. The van der Waals surface area contributed by atoms with Crippen LogP contribution in [0.2, 0.25) is 0 Å². The number of phenols is 1. The molecule has 0 radical (unpaired) electrons. The van der Waals surface area contributed by atoms with E-state index in [1.165, 1.54) is 0 Å². The van der Waals surface area contributed by atoms with Gasteiger partial charge in [-0.1, -0.05) is 32.0 Å². The summed E-state index contributed by atoms with van der Waals surface area (Å²) >= 11 is 0. The van der Waals surface area contributed by atoms with Gasteiger partial charge in [-0.05, 0) is 24.5 Å². The molecular formula is C13H18O2. The zero-order valence-electron chi connectivity index (χ0n) is 9.36. The molecule has 1 rings (SSSR count). The molecule has 0 aliphatic heterocycles. The molecule has 0 aliphatic rings. The second-order valence-corrected chi connectivity index (χ2v) is 4.10. The Morgan fingerprint density at radius 2 is 2.00 bits per heavy atom. The molecule has 0 bridgehead atoms. The van der Waals surface area contributed by atoms with Gasteiger partial charge in [-0.3, -0.25) is 4.79 Å². The fraction of sp³-hybridized carbons (Fsp3) is 0.462. The zero-order valence-corrected chi connectivity index (χ0v) is 9.36. The quantitative estimate of drug-likeness (QED) is 0.804. The molecule has 0 fully saturated rings. The molecule has 0 amide bonds. The molecule has 0 spiro atoms. The van der Waals surface area contributed by atoms with Crippen molar-refractivity contribution in [3.63, 3.8) is 0 Å². The van der Waals surface area contributed by atoms with E-state index in [0.717, 1.165) is 18.4 Å². The van der Waals surface area contributed by atoms with Gasteiger partial charge in [0.2, 0.25) is 0 Å². The number of benzene rings is 1. The van der Waals surface area contributed by atoms with Gasteiger partial charge in [-0.15, -0.1) is 0 Å². The van der Waals surface area contributed by atoms with Crippen LogP contribution in [0.5, 0.6) is 5.75 Å². The van der Waals surface area contributed by atoms with Gasteiger partial charge < -0.3 is 5.11 Å². The van der Waals surface area contributed by atoms with Crippen molar-refractivity contribution in [1.82, 2.24) is 0 Å². The minimum Gasteiger partial charge on any atom is -0.508 e. The first kappa shape index (κ1) is 11.8. The lowest BCUT2D eigenvalue weighted by Crippen LogP contribution is -2.06. The molecule has 82 valence electrons. The van der Waals surface area contributed by atoms with Gasteiger partial charge >= 0.3 is 0 Å². The summed E-state index contributed by atoms with van der Waals surface area (Å²) in [6, 6.07) is 7.28. The largest absolute Gasteiger partial charge is 0.508 e. The third kappa shape index (κ3) is 3.74. The van der Waals surface area contributed by atoms with E-state index in [1.807, 2.05) is 26.0 Å². The average Bonchev–Trinajstić information content (AvgIpc) is 2.20. The van der Waals surface area contributed by atoms with E-state index in [1.54, 1.807) is 12.1 Å². The number of rotatable bonds is 5. The molecule has 0 atom stereocenters. The number of phenolic OH excluding ortho intramolecular Hbond substituents is 1. The van der Waals surface area contributed by atoms with Crippen molar-refractivity contribution in [3.8, 4) is 5.75 Å². The van der Waals surface area contributed by atoms with Crippen LogP contribution in [0.15, 0.2) is 24.3 Å². The van der Waals surface area contributed by atoms with E-state index in [9.17, 15) is 9.90 Å². The van der Waals surface area contributed by atoms with Crippen LogP contribution in [-0.4, -0.2) is 10.9 Å². The standard InChI is InChI=1S/C13H18O2/c1-10(2)12(14)9-5-7-11-6-3-4-8-13(11)15/h3-4,6,8,10,15H,5,7,9H2,1-2H3. The lowest BCUT2D eigenvalue weighted by atomic mass is 10.0. The number of hydrogen-bond donors (Lipinski definition) is 1. The van der Waals surface area contributed by atoms with Crippen molar-refractivity contribution >= 4 is 5.78 Å². The minimum atomic E-state index is 0.120. The van der Waals surface area contributed by atoms with Crippen molar-refractivity contribution in [2.45, 2.75) is 33.1 Å². The molecule has 15 heavy (non-hydrogen) atoms. The Labute approximate surface area is 90.9 Å². The van der Waals surface area contributed by atoms with Gasteiger partial charge in [0, 0.05) is 12.3 Å². The molecule has 0 saturated heterocycles. The fourth-order valence-electron chi connectivity index (χ4n) is 1.46. The number of aryl methyl sites for hydroxylation is 1. The Bertz CT molecular complexity index is 329. The van der Waals surface area contributed by atoms with Crippen LogP contribution in [0.3, 0.4) is 0 Å². The first-order valence-electron chi connectivity index (χ1n) is 5.41. The summed E-state index contributed by atoms with van der Waals surface area (Å²) in [6.07, 6.45) is 2.19. The zero-order chi connectivity index (χ0) is 11.3. The lowest BCUT2D eigenvalue weighted by Gasteiger charge is -2.05. The van der Waals surface area contributed by atoms with Crippen LogP contribution >= 0.6 is 0 Å². The van der Waals surface area contributed by atoms with Gasteiger partial charge in [-0.25, -0.2) is 0 Å². The number of ketones is 1. The maximum absolute atomic E-state index is 11.4. The first-order valence-corrected chi connectivity index (χ1v) is 5.41. The summed E-state index contributed by atoms with van der Waals surface area (Å²) in [5.41, 5.74) is 0.925. The summed E-state index contributed by atoms with van der Waals surface area (Å²) < 4.78 is 0. The molecule has 1 N–H and O–H groups in total. The van der Waals surface area contributed by atoms with Gasteiger partial charge in [0.25, 0.3) is 0 Å². The van der Waals surface area contributed by atoms with Crippen LogP contribution in [0.25, 0.3) is 0 Å². The monoisotopic (exact) mass is 206 g/mol. The molecule has 1 aromatic rings. The number of aromatic hydroxyl groups is 1. The third-order valence-corrected chi connectivity index (χ3v) is 2.50. The molecule has 0 aromatic heterocycles. The summed E-state index contributed by atoms with van der Waals surface area (Å²) in [7, 11) is 0. The molecular weight excluding hydrogens is 188 g/mol. The minimum absolute atomic E-state index is 0.120. The predicted molar refractivity (Wildman–Crippen MR) is 60.9 cm³/mol. The predicted octanol–water partition coefficient (Wildman–Crippen LogP) is 2.94. The normalized spacial score (nSPS) is 10.6. The maximum Gasteiger partial charge on any atom is 0.135 e. The Hall–Kier alpha value is -1.31. The Balaban J connectivity index is 2.38. The Kier molecular flexibility index (Phi) is 4.35. The number of carbonyl (C=O) groups is 1. The highest BCUT2D eigenvalue weighted by Gasteiger charge is 2.07. The summed E-state index contributed by atoms with van der Waals surface area (Å²) in [4.78, 5) is 11.4. The highest BCUT2D eigenvalue weighted by molar-refractivity contribution is 5.80. The van der Waals surface area contributed by atoms with Crippen molar-refractivity contribution in [3.05, 3.63) is 29.8 Å². The van der Waals surface area contributed by atoms with Crippen molar-refractivity contribution in [1.29, 1.82) is 0 Å². The maximum atomic E-state index is 11.4. The van der Waals surface area contributed by atoms with E-state index in [4.69, 9.17) is 0 Å². The van der Waals surface area contributed by atoms with E-state index in [2.05, 4.69) is 0 Å². The average molecular weight is 206 g/mol. The van der Waals surface area contributed by atoms with Gasteiger partial charge in [0.1, 0.15) is 11.5 Å².